The van der Waals surface area contributed by atoms with Crippen molar-refractivity contribution < 1.29 is 15.1 Å². The van der Waals surface area contributed by atoms with Crippen LogP contribution in [0, 0.1) is 5.92 Å². The number of carboxylic acid groups (broad SMARTS) is 1. The molecule has 2 N–H and O–H groups in total. The molecule has 0 aromatic heterocycles. The number of aliphatic carboxylic acids is 1. The van der Waals surface area contributed by atoms with Crippen molar-refractivity contribution in [3.8, 4) is 0 Å². The van der Waals surface area contributed by atoms with Crippen LogP contribution in [-0.2, 0) is 17.6 Å². The van der Waals surface area contributed by atoms with Crippen LogP contribution in [0.4, 0.5) is 0 Å². The van der Waals surface area contributed by atoms with Crippen LogP contribution < -0.4 is 0 Å². The van der Waals surface area contributed by atoms with Crippen molar-refractivity contribution in [1.82, 2.24) is 0 Å². The van der Waals surface area contributed by atoms with E-state index in [-0.39, 0.29) is 6.42 Å². The van der Waals surface area contributed by atoms with E-state index in [9.17, 15) is 4.79 Å². The first kappa shape index (κ1) is 13.6. The van der Waals surface area contributed by atoms with E-state index in [1.54, 1.807) is 0 Å². The Hall–Kier alpha value is -1.84. The Bertz CT molecular complexity index is 465. The van der Waals surface area contributed by atoms with Gasteiger partial charge in [0.2, 0.25) is 0 Å². The van der Waals surface area contributed by atoms with Crippen LogP contribution in [0.2, 0.25) is 0 Å². The van der Waals surface area contributed by atoms with Crippen LogP contribution in [-0.4, -0.2) is 22.0 Å². The van der Waals surface area contributed by atoms with Crippen LogP contribution in [0.3, 0.4) is 0 Å². The van der Waals surface area contributed by atoms with E-state index in [1.807, 2.05) is 24.3 Å². The lowest BCUT2D eigenvalue weighted by Gasteiger charge is -2.22. The van der Waals surface area contributed by atoms with Gasteiger partial charge in [0.1, 0.15) is 0 Å². The molecule has 1 aromatic carbocycles. The zero-order chi connectivity index (χ0) is 13.7. The van der Waals surface area contributed by atoms with E-state index in [2.05, 4.69) is 5.16 Å². The minimum Gasteiger partial charge on any atom is -0.481 e. The van der Waals surface area contributed by atoms with Gasteiger partial charge in [-0.25, -0.2) is 0 Å². The molecule has 4 nitrogen and oxygen atoms in total. The number of hydrogen-bond donors (Lipinski definition) is 2. The molecule has 1 fully saturated rings. The second-order valence-electron chi connectivity index (χ2n) is 5.13. The summed E-state index contributed by atoms with van der Waals surface area (Å²) < 4.78 is 0. The largest absolute Gasteiger partial charge is 0.481 e. The number of carbonyl (C=O) groups is 1. The average Bonchev–Trinajstić information content (AvgIpc) is 2.41. The Morgan fingerprint density at radius 1 is 1.21 bits per heavy atom. The monoisotopic (exact) mass is 261 g/mol. The Morgan fingerprint density at radius 2 is 1.89 bits per heavy atom. The summed E-state index contributed by atoms with van der Waals surface area (Å²) in [6.45, 7) is 0. The Morgan fingerprint density at radius 3 is 2.53 bits per heavy atom. The van der Waals surface area contributed by atoms with Crippen molar-refractivity contribution in [2.45, 2.75) is 38.5 Å². The van der Waals surface area contributed by atoms with Crippen molar-refractivity contribution in [2.24, 2.45) is 11.1 Å². The lowest BCUT2D eigenvalue weighted by Crippen LogP contribution is -2.21. The standard InChI is InChI=1S/C15H19NO3/c17-15(18)10-12-7-5-11(6-8-12)9-13-3-1-2-4-14(13)16-19/h5-8,13,19H,1-4,9-10H2,(H,17,18)/b16-14-/t13-/m1/s1. The maximum Gasteiger partial charge on any atom is 0.307 e. The van der Waals surface area contributed by atoms with Gasteiger partial charge in [0, 0.05) is 5.92 Å². The summed E-state index contributed by atoms with van der Waals surface area (Å²) in [5, 5.41) is 21.1. The summed E-state index contributed by atoms with van der Waals surface area (Å²) in [6.07, 6.45) is 5.17. The van der Waals surface area contributed by atoms with Gasteiger partial charge in [-0.05, 0) is 36.8 Å². The lowest BCUT2D eigenvalue weighted by atomic mass is 9.83. The van der Waals surface area contributed by atoms with E-state index in [0.29, 0.717) is 5.92 Å². The van der Waals surface area contributed by atoms with Gasteiger partial charge < -0.3 is 10.3 Å². The van der Waals surface area contributed by atoms with Gasteiger partial charge >= 0.3 is 5.97 Å². The number of nitrogens with zero attached hydrogens (tertiary/aromatic N) is 1. The van der Waals surface area contributed by atoms with Crippen LogP contribution >= 0.6 is 0 Å². The third-order valence-electron chi connectivity index (χ3n) is 3.70. The Kier molecular flexibility index (Phi) is 4.55. The molecule has 0 aliphatic heterocycles. The van der Waals surface area contributed by atoms with Gasteiger partial charge in [-0.2, -0.15) is 0 Å². The topological polar surface area (TPSA) is 69.9 Å². The second-order valence-corrected chi connectivity index (χ2v) is 5.13. The van der Waals surface area contributed by atoms with Crippen molar-refractivity contribution in [1.29, 1.82) is 0 Å². The first-order valence-electron chi connectivity index (χ1n) is 6.69. The summed E-state index contributed by atoms with van der Waals surface area (Å²) in [5.41, 5.74) is 2.89. The molecule has 19 heavy (non-hydrogen) atoms. The van der Waals surface area contributed by atoms with Crippen LogP contribution in [0.15, 0.2) is 29.4 Å². The van der Waals surface area contributed by atoms with Crippen molar-refractivity contribution >= 4 is 11.7 Å². The van der Waals surface area contributed by atoms with Gasteiger partial charge in [-0.1, -0.05) is 35.8 Å². The SMILES string of the molecule is O=C(O)Cc1ccc(C[C@H]2CCCC/C2=N/O)cc1. The number of oxime groups is 1. The summed E-state index contributed by atoms with van der Waals surface area (Å²) in [6, 6.07) is 7.67. The molecule has 2 rings (SSSR count). The number of carboxylic acids is 1. The molecule has 1 saturated carbocycles. The highest BCUT2D eigenvalue weighted by Gasteiger charge is 2.21. The molecule has 0 radical (unpaired) electrons. The predicted octanol–water partition coefficient (Wildman–Crippen LogP) is 2.88. The number of benzene rings is 1. The van der Waals surface area contributed by atoms with Gasteiger partial charge in [-0.3, -0.25) is 4.79 Å². The highest BCUT2D eigenvalue weighted by atomic mass is 16.4. The lowest BCUT2D eigenvalue weighted by molar-refractivity contribution is -0.136. The Balaban J connectivity index is 2.00. The quantitative estimate of drug-likeness (QED) is 0.646. The van der Waals surface area contributed by atoms with E-state index in [1.165, 1.54) is 12.0 Å². The van der Waals surface area contributed by atoms with Gasteiger partial charge in [0.15, 0.2) is 0 Å². The minimum atomic E-state index is -0.810. The Labute approximate surface area is 112 Å². The summed E-state index contributed by atoms with van der Waals surface area (Å²) in [7, 11) is 0. The van der Waals surface area contributed by atoms with Crippen LogP contribution in [0.1, 0.15) is 36.8 Å². The van der Waals surface area contributed by atoms with Crippen molar-refractivity contribution in [3.63, 3.8) is 0 Å². The minimum absolute atomic E-state index is 0.0626. The molecule has 4 heteroatoms. The maximum atomic E-state index is 10.6. The average molecular weight is 261 g/mol. The molecule has 0 amide bonds. The first-order chi connectivity index (χ1) is 9.19. The second kappa shape index (κ2) is 6.36. The van der Waals surface area contributed by atoms with Gasteiger partial charge in [-0.15, -0.1) is 0 Å². The van der Waals surface area contributed by atoms with Crippen LogP contribution in [0.25, 0.3) is 0 Å². The smallest absolute Gasteiger partial charge is 0.307 e. The first-order valence-corrected chi connectivity index (χ1v) is 6.69. The summed E-state index contributed by atoms with van der Waals surface area (Å²) >= 11 is 0. The molecule has 0 heterocycles. The predicted molar refractivity (Wildman–Crippen MR) is 72.7 cm³/mol. The molecule has 1 aliphatic carbocycles. The zero-order valence-electron chi connectivity index (χ0n) is 10.9. The highest BCUT2D eigenvalue weighted by Crippen LogP contribution is 2.25. The third-order valence-corrected chi connectivity index (χ3v) is 3.70. The fraction of sp³-hybridized carbons (Fsp3) is 0.467. The molecule has 0 unspecified atom stereocenters. The normalized spacial score (nSPS) is 21.5. The van der Waals surface area contributed by atoms with E-state index >= 15 is 0 Å². The zero-order valence-corrected chi connectivity index (χ0v) is 10.9. The molecule has 0 spiro atoms. The maximum absolute atomic E-state index is 10.6. The molecule has 102 valence electrons. The van der Waals surface area contributed by atoms with Crippen molar-refractivity contribution in [2.75, 3.05) is 0 Å². The van der Waals surface area contributed by atoms with Gasteiger partial charge in [0.25, 0.3) is 0 Å². The highest BCUT2D eigenvalue weighted by molar-refractivity contribution is 5.87. The van der Waals surface area contributed by atoms with E-state index in [0.717, 1.165) is 37.0 Å². The molecule has 1 atom stereocenters. The molecule has 1 aromatic rings. The fourth-order valence-corrected chi connectivity index (χ4v) is 2.67. The van der Waals surface area contributed by atoms with Crippen molar-refractivity contribution in [3.05, 3.63) is 35.4 Å². The fourth-order valence-electron chi connectivity index (χ4n) is 2.67. The summed E-state index contributed by atoms with van der Waals surface area (Å²) in [4.78, 5) is 10.6. The molecule has 0 saturated heterocycles. The molecule has 1 aliphatic rings. The van der Waals surface area contributed by atoms with Gasteiger partial charge in [0.05, 0.1) is 12.1 Å². The molecular formula is C15H19NO3. The molecule has 0 bridgehead atoms. The third kappa shape index (κ3) is 3.81. The molecular weight excluding hydrogens is 242 g/mol. The summed E-state index contributed by atoms with van der Waals surface area (Å²) in [5.74, 6) is -0.487. The van der Waals surface area contributed by atoms with E-state index in [4.69, 9.17) is 10.3 Å². The number of rotatable bonds is 4. The van der Waals surface area contributed by atoms with Crippen LogP contribution in [0.5, 0.6) is 0 Å². The number of hydrogen-bond acceptors (Lipinski definition) is 3. The van der Waals surface area contributed by atoms with E-state index < -0.39 is 5.97 Å².